The number of fused-ring (bicyclic) bond motifs is 1. The number of benzene rings is 2. The molecule has 2 aromatic carbocycles. The van der Waals surface area contributed by atoms with Crippen LogP contribution in [0.3, 0.4) is 0 Å². The summed E-state index contributed by atoms with van der Waals surface area (Å²) in [4.78, 5) is 30.2. The minimum atomic E-state index is -0.342. The molecule has 1 amide bonds. The van der Waals surface area contributed by atoms with E-state index >= 15 is 0 Å². The average molecular weight is 410 g/mol. The van der Waals surface area contributed by atoms with Gasteiger partial charge in [-0.3, -0.25) is 14.2 Å². The third kappa shape index (κ3) is 5.48. The van der Waals surface area contributed by atoms with E-state index in [0.29, 0.717) is 22.6 Å². The molecule has 152 valence electrons. The number of hydrogen-bond acceptors (Lipinski definition) is 4. The molecule has 0 saturated carbocycles. The lowest BCUT2D eigenvalue weighted by molar-refractivity contribution is -0.120. The van der Waals surface area contributed by atoms with E-state index in [1.54, 1.807) is 4.57 Å². The van der Waals surface area contributed by atoms with Crippen LogP contribution in [0, 0.1) is 0 Å². The van der Waals surface area contributed by atoms with Crippen molar-refractivity contribution < 1.29 is 4.79 Å². The lowest BCUT2D eigenvalue weighted by Crippen LogP contribution is -2.36. The van der Waals surface area contributed by atoms with Crippen LogP contribution in [-0.2, 0) is 17.8 Å². The molecule has 5 nitrogen and oxygen atoms in total. The number of nitrogens with one attached hydrogen (secondary N) is 1. The molecule has 0 aliphatic carbocycles. The molecule has 0 saturated heterocycles. The van der Waals surface area contributed by atoms with Crippen molar-refractivity contribution in [1.82, 2.24) is 14.9 Å². The van der Waals surface area contributed by atoms with Crippen LogP contribution in [0.15, 0.2) is 64.5 Å². The maximum Gasteiger partial charge on any atom is 0.262 e. The minimum absolute atomic E-state index is 0.0526. The van der Waals surface area contributed by atoms with Crippen LogP contribution < -0.4 is 10.9 Å². The molecule has 1 unspecified atom stereocenters. The summed E-state index contributed by atoms with van der Waals surface area (Å²) in [5.41, 5.74) is 1.85. The standard InChI is InChI=1S/C23H27N3O2S/c1-16(2)24-21(27)17(3)29-23-25-20-14-8-7-13-19(20)22(28)26(23)15-9-12-18-10-5-4-6-11-18/h4-8,10-11,13-14,16-17H,9,12,15H2,1-3H3,(H,24,27). The third-order valence-corrected chi connectivity index (χ3v) is 5.69. The van der Waals surface area contributed by atoms with Crippen molar-refractivity contribution >= 4 is 28.6 Å². The van der Waals surface area contributed by atoms with Crippen molar-refractivity contribution in [3.8, 4) is 0 Å². The van der Waals surface area contributed by atoms with E-state index in [0.717, 1.165) is 12.8 Å². The Kier molecular flexibility index (Phi) is 7.09. The largest absolute Gasteiger partial charge is 0.353 e. The first-order chi connectivity index (χ1) is 14.0. The van der Waals surface area contributed by atoms with Gasteiger partial charge in [0.15, 0.2) is 5.16 Å². The zero-order chi connectivity index (χ0) is 20.8. The predicted molar refractivity (Wildman–Crippen MR) is 119 cm³/mol. The first-order valence-electron chi connectivity index (χ1n) is 9.96. The molecule has 0 aliphatic rings. The molecule has 0 radical (unpaired) electrons. The smallest absolute Gasteiger partial charge is 0.262 e. The van der Waals surface area contributed by atoms with Gasteiger partial charge in [-0.2, -0.15) is 0 Å². The van der Waals surface area contributed by atoms with Gasteiger partial charge >= 0.3 is 0 Å². The zero-order valence-corrected chi connectivity index (χ0v) is 17.9. The minimum Gasteiger partial charge on any atom is -0.353 e. The summed E-state index contributed by atoms with van der Waals surface area (Å²) in [6, 6.07) is 17.7. The van der Waals surface area contributed by atoms with Gasteiger partial charge in [0.05, 0.1) is 16.2 Å². The first-order valence-corrected chi connectivity index (χ1v) is 10.8. The van der Waals surface area contributed by atoms with Gasteiger partial charge in [0.1, 0.15) is 0 Å². The highest BCUT2D eigenvalue weighted by molar-refractivity contribution is 8.00. The maximum atomic E-state index is 13.1. The molecular weight excluding hydrogens is 382 g/mol. The number of rotatable bonds is 8. The quantitative estimate of drug-likeness (QED) is 0.451. The zero-order valence-electron chi connectivity index (χ0n) is 17.1. The second-order valence-corrected chi connectivity index (χ2v) is 8.69. The topological polar surface area (TPSA) is 64.0 Å². The second-order valence-electron chi connectivity index (χ2n) is 7.38. The predicted octanol–water partition coefficient (Wildman–Crippen LogP) is 4.03. The Balaban J connectivity index is 1.86. The van der Waals surface area contributed by atoms with Crippen LogP contribution in [0.2, 0.25) is 0 Å². The van der Waals surface area contributed by atoms with Crippen LogP contribution >= 0.6 is 11.8 Å². The molecule has 3 rings (SSSR count). The van der Waals surface area contributed by atoms with E-state index in [4.69, 9.17) is 4.98 Å². The van der Waals surface area contributed by atoms with Crippen LogP contribution in [0.5, 0.6) is 0 Å². The van der Waals surface area contributed by atoms with E-state index in [-0.39, 0.29) is 22.8 Å². The summed E-state index contributed by atoms with van der Waals surface area (Å²) in [7, 11) is 0. The summed E-state index contributed by atoms with van der Waals surface area (Å²) in [5.74, 6) is -0.0526. The molecule has 1 N–H and O–H groups in total. The van der Waals surface area contributed by atoms with E-state index in [1.807, 2.05) is 63.2 Å². The fourth-order valence-electron chi connectivity index (χ4n) is 3.13. The number of aromatic nitrogens is 2. The Hall–Kier alpha value is -2.60. The van der Waals surface area contributed by atoms with Gasteiger partial charge < -0.3 is 5.32 Å². The van der Waals surface area contributed by atoms with Crippen molar-refractivity contribution in [1.29, 1.82) is 0 Å². The summed E-state index contributed by atoms with van der Waals surface area (Å²) >= 11 is 1.34. The van der Waals surface area contributed by atoms with Gasteiger partial charge in [-0.05, 0) is 51.3 Å². The Morgan fingerprint density at radius 2 is 1.76 bits per heavy atom. The van der Waals surface area contributed by atoms with Gasteiger partial charge in [0, 0.05) is 12.6 Å². The summed E-state index contributed by atoms with van der Waals surface area (Å²) in [5, 5.41) is 3.78. The van der Waals surface area contributed by atoms with Crippen molar-refractivity contribution in [2.75, 3.05) is 0 Å². The summed E-state index contributed by atoms with van der Waals surface area (Å²) < 4.78 is 1.72. The molecule has 3 aromatic rings. The third-order valence-electron chi connectivity index (χ3n) is 4.60. The van der Waals surface area contributed by atoms with Gasteiger partial charge in [-0.25, -0.2) is 4.98 Å². The highest BCUT2D eigenvalue weighted by Crippen LogP contribution is 2.23. The highest BCUT2D eigenvalue weighted by Gasteiger charge is 2.19. The van der Waals surface area contributed by atoms with Crippen LogP contribution in [-0.4, -0.2) is 26.8 Å². The second kappa shape index (κ2) is 9.74. The van der Waals surface area contributed by atoms with Gasteiger partial charge in [0.25, 0.3) is 5.56 Å². The SMILES string of the molecule is CC(C)NC(=O)C(C)Sc1nc2ccccc2c(=O)n1CCCc1ccccc1. The van der Waals surface area contributed by atoms with E-state index < -0.39 is 0 Å². The van der Waals surface area contributed by atoms with Crippen LogP contribution in [0.1, 0.15) is 32.8 Å². The lowest BCUT2D eigenvalue weighted by Gasteiger charge is -2.17. The molecule has 0 spiro atoms. The van der Waals surface area contributed by atoms with E-state index in [1.165, 1.54) is 17.3 Å². The highest BCUT2D eigenvalue weighted by atomic mass is 32.2. The molecule has 1 heterocycles. The van der Waals surface area contributed by atoms with E-state index in [9.17, 15) is 9.59 Å². The fourth-order valence-corrected chi connectivity index (χ4v) is 4.08. The average Bonchev–Trinajstić information content (AvgIpc) is 2.70. The van der Waals surface area contributed by atoms with Crippen molar-refractivity contribution in [2.24, 2.45) is 0 Å². The number of carbonyl (C=O) groups is 1. The molecule has 29 heavy (non-hydrogen) atoms. The molecule has 1 atom stereocenters. The van der Waals surface area contributed by atoms with Gasteiger partial charge in [-0.1, -0.05) is 54.2 Å². The van der Waals surface area contributed by atoms with Crippen molar-refractivity contribution in [3.05, 3.63) is 70.5 Å². The number of amides is 1. The number of hydrogen-bond donors (Lipinski definition) is 1. The number of carbonyl (C=O) groups excluding carboxylic acids is 1. The molecule has 0 fully saturated rings. The summed E-state index contributed by atoms with van der Waals surface area (Å²) in [6.07, 6.45) is 1.71. The number of nitrogens with zero attached hydrogens (tertiary/aromatic N) is 2. The fraction of sp³-hybridized carbons (Fsp3) is 0.348. The van der Waals surface area contributed by atoms with E-state index in [2.05, 4.69) is 17.4 Å². The first kappa shape index (κ1) is 21.1. The Morgan fingerprint density at radius 3 is 2.48 bits per heavy atom. The Bertz CT molecular complexity index is 1030. The number of para-hydroxylation sites is 1. The van der Waals surface area contributed by atoms with Crippen LogP contribution in [0.4, 0.5) is 0 Å². The molecular formula is C23H27N3O2S. The van der Waals surface area contributed by atoms with Gasteiger partial charge in [-0.15, -0.1) is 0 Å². The molecule has 1 aromatic heterocycles. The van der Waals surface area contributed by atoms with Crippen molar-refractivity contribution in [2.45, 2.75) is 56.6 Å². The number of thioether (sulfide) groups is 1. The molecule has 0 bridgehead atoms. The lowest BCUT2D eigenvalue weighted by atomic mass is 10.1. The Morgan fingerprint density at radius 1 is 1.07 bits per heavy atom. The number of aryl methyl sites for hydroxylation is 1. The Labute approximate surface area is 175 Å². The van der Waals surface area contributed by atoms with Crippen molar-refractivity contribution in [3.63, 3.8) is 0 Å². The normalized spacial score (nSPS) is 12.3. The van der Waals surface area contributed by atoms with Crippen LogP contribution in [0.25, 0.3) is 10.9 Å². The molecule has 6 heteroatoms. The molecule has 0 aliphatic heterocycles. The summed E-state index contributed by atoms with van der Waals surface area (Å²) in [6.45, 7) is 6.27. The maximum absolute atomic E-state index is 13.1. The monoisotopic (exact) mass is 409 g/mol. The van der Waals surface area contributed by atoms with Gasteiger partial charge in [0.2, 0.25) is 5.91 Å².